The van der Waals surface area contributed by atoms with Crippen LogP contribution >= 0.6 is 35.2 Å². The van der Waals surface area contributed by atoms with Crippen molar-refractivity contribution in [1.82, 2.24) is 0 Å². The van der Waals surface area contributed by atoms with Crippen LogP contribution in [0.1, 0.15) is 10.4 Å². The second-order valence-electron chi connectivity index (χ2n) is 3.97. The summed E-state index contributed by atoms with van der Waals surface area (Å²) in [4.78, 5) is 3.77. The number of nitrogens with two attached hydrogens (primary N) is 1. The van der Waals surface area contributed by atoms with Crippen LogP contribution in [0.5, 0.6) is 0 Å². The predicted octanol–water partition coefficient (Wildman–Crippen LogP) is 3.67. The van der Waals surface area contributed by atoms with E-state index in [1.165, 1.54) is 4.88 Å². The maximum Gasteiger partial charge on any atom is 0.104 e. The van der Waals surface area contributed by atoms with E-state index >= 15 is 0 Å². The number of nitrogens with zero attached hydrogens (tertiary/aromatic N) is 1. The van der Waals surface area contributed by atoms with Crippen LogP contribution in [0, 0.1) is 0 Å². The number of benzene rings is 1. The van der Waals surface area contributed by atoms with E-state index in [0.29, 0.717) is 10.0 Å². The topological polar surface area (TPSA) is 29.3 Å². The fourth-order valence-corrected chi connectivity index (χ4v) is 2.90. The molecule has 0 fully saturated rings. The summed E-state index contributed by atoms with van der Waals surface area (Å²) in [5, 5.41) is 2.74. The zero-order valence-corrected chi connectivity index (χ0v) is 12.3. The normalized spacial score (nSPS) is 10.3. The summed E-state index contributed by atoms with van der Waals surface area (Å²) < 4.78 is 0. The summed E-state index contributed by atoms with van der Waals surface area (Å²) in [6.45, 7) is 0.837. The molecule has 0 unspecified atom stereocenters. The number of rotatable bonds is 4. The summed E-state index contributed by atoms with van der Waals surface area (Å²) >= 11 is 12.9. The van der Waals surface area contributed by atoms with E-state index < -0.39 is 0 Å². The highest BCUT2D eigenvalue weighted by Crippen LogP contribution is 2.27. The molecule has 0 saturated heterocycles. The Morgan fingerprint density at radius 1 is 1.44 bits per heavy atom. The second kappa shape index (κ2) is 5.69. The molecule has 5 heteroatoms. The lowest BCUT2D eigenvalue weighted by Gasteiger charge is -2.20. The number of thiophene rings is 1. The first-order chi connectivity index (χ1) is 8.58. The lowest BCUT2D eigenvalue weighted by molar-refractivity contribution is 0.940. The van der Waals surface area contributed by atoms with Crippen molar-refractivity contribution >= 4 is 45.8 Å². The maximum atomic E-state index is 6.26. The molecule has 0 radical (unpaired) electrons. The molecule has 0 amide bonds. The van der Waals surface area contributed by atoms with Crippen LogP contribution in [-0.2, 0) is 6.54 Å². The van der Waals surface area contributed by atoms with Crippen molar-refractivity contribution in [3.05, 3.63) is 51.2 Å². The molecule has 1 aromatic heterocycles. The molecule has 2 N–H and O–H groups in total. The van der Waals surface area contributed by atoms with E-state index in [4.69, 9.17) is 29.6 Å². The van der Waals surface area contributed by atoms with E-state index in [1.807, 2.05) is 31.3 Å². The molecule has 94 valence electrons. The molecule has 2 nitrogen and oxygen atoms in total. The van der Waals surface area contributed by atoms with Crippen molar-refractivity contribution < 1.29 is 0 Å². The van der Waals surface area contributed by atoms with Crippen LogP contribution in [0.15, 0.2) is 35.7 Å². The van der Waals surface area contributed by atoms with Gasteiger partial charge in [0.1, 0.15) is 4.99 Å². The van der Waals surface area contributed by atoms with Crippen molar-refractivity contribution in [1.29, 1.82) is 0 Å². The third kappa shape index (κ3) is 3.02. The minimum atomic E-state index is 0.365. The van der Waals surface area contributed by atoms with Gasteiger partial charge in [-0.2, -0.15) is 0 Å². The molecule has 18 heavy (non-hydrogen) atoms. The largest absolute Gasteiger partial charge is 0.389 e. The number of anilines is 1. The molecule has 1 aromatic carbocycles. The highest BCUT2D eigenvalue weighted by molar-refractivity contribution is 7.80. The van der Waals surface area contributed by atoms with Gasteiger partial charge in [-0.05, 0) is 29.6 Å². The summed E-state index contributed by atoms with van der Waals surface area (Å²) in [6.07, 6.45) is 0. The van der Waals surface area contributed by atoms with E-state index in [9.17, 15) is 0 Å². The molecular formula is C13H13ClN2S2. The van der Waals surface area contributed by atoms with E-state index in [0.717, 1.165) is 17.8 Å². The van der Waals surface area contributed by atoms with Gasteiger partial charge in [-0.3, -0.25) is 0 Å². The highest BCUT2D eigenvalue weighted by atomic mass is 35.5. The summed E-state index contributed by atoms with van der Waals surface area (Å²) in [7, 11) is 2.02. The highest BCUT2D eigenvalue weighted by Gasteiger charge is 2.09. The molecule has 0 spiro atoms. The average Bonchev–Trinajstić information content (AvgIpc) is 2.81. The van der Waals surface area contributed by atoms with Crippen molar-refractivity contribution in [2.75, 3.05) is 11.9 Å². The van der Waals surface area contributed by atoms with Gasteiger partial charge in [0, 0.05) is 17.5 Å². The Balaban J connectivity index is 2.20. The fourth-order valence-electron chi connectivity index (χ4n) is 1.69. The van der Waals surface area contributed by atoms with Crippen LogP contribution in [-0.4, -0.2) is 12.0 Å². The second-order valence-corrected chi connectivity index (χ2v) is 5.85. The Kier molecular flexibility index (Phi) is 4.22. The fraction of sp³-hybridized carbons (Fsp3) is 0.154. The Morgan fingerprint density at radius 3 is 2.78 bits per heavy atom. The summed E-state index contributed by atoms with van der Waals surface area (Å²) in [5.74, 6) is 0. The third-order valence-corrected chi connectivity index (χ3v) is 4.02. The van der Waals surface area contributed by atoms with Gasteiger partial charge in [-0.25, -0.2) is 0 Å². The quantitative estimate of drug-likeness (QED) is 0.873. The van der Waals surface area contributed by atoms with Gasteiger partial charge in [0.15, 0.2) is 0 Å². The summed E-state index contributed by atoms with van der Waals surface area (Å²) in [5.41, 5.74) is 7.35. The molecule has 0 bridgehead atoms. The molecule has 2 rings (SSSR count). The van der Waals surface area contributed by atoms with Crippen molar-refractivity contribution in [2.45, 2.75) is 6.54 Å². The Hall–Kier alpha value is -1.10. The average molecular weight is 297 g/mol. The number of thiocarbonyl (C=S) groups is 1. The minimum absolute atomic E-state index is 0.365. The standard InChI is InChI=1S/C13H13ClN2S2/c1-16(8-10-3-2-6-18-10)12-5-4-9(13(15)17)7-11(12)14/h2-7H,8H2,1H3,(H2,15,17). The van der Waals surface area contributed by atoms with E-state index in [1.54, 1.807) is 11.3 Å². The molecule has 1 heterocycles. The number of hydrogen-bond acceptors (Lipinski definition) is 3. The van der Waals surface area contributed by atoms with Gasteiger partial charge in [-0.15, -0.1) is 11.3 Å². The molecule has 0 aliphatic rings. The predicted molar refractivity (Wildman–Crippen MR) is 83.8 cm³/mol. The van der Waals surface area contributed by atoms with E-state index in [2.05, 4.69) is 16.3 Å². The van der Waals surface area contributed by atoms with Crippen molar-refractivity contribution in [2.24, 2.45) is 5.73 Å². The minimum Gasteiger partial charge on any atom is -0.389 e. The van der Waals surface area contributed by atoms with E-state index in [-0.39, 0.29) is 0 Å². The Labute approximate surface area is 121 Å². The smallest absolute Gasteiger partial charge is 0.104 e. The molecule has 2 aromatic rings. The Bertz CT molecular complexity index is 552. The molecule has 0 aliphatic carbocycles. The molecule has 0 saturated carbocycles. The lowest BCUT2D eigenvalue weighted by atomic mass is 10.2. The van der Waals surface area contributed by atoms with Gasteiger partial charge in [-0.1, -0.05) is 29.9 Å². The van der Waals surface area contributed by atoms with Gasteiger partial charge in [0.2, 0.25) is 0 Å². The first-order valence-corrected chi connectivity index (χ1v) is 7.07. The van der Waals surface area contributed by atoms with Crippen molar-refractivity contribution in [3.8, 4) is 0 Å². The van der Waals surface area contributed by atoms with Gasteiger partial charge in [0.25, 0.3) is 0 Å². The Morgan fingerprint density at radius 2 is 2.22 bits per heavy atom. The van der Waals surface area contributed by atoms with Gasteiger partial charge in [0.05, 0.1) is 17.3 Å². The van der Waals surface area contributed by atoms with Crippen LogP contribution in [0.25, 0.3) is 0 Å². The first-order valence-electron chi connectivity index (χ1n) is 5.41. The maximum absolute atomic E-state index is 6.26. The molecule has 0 aliphatic heterocycles. The monoisotopic (exact) mass is 296 g/mol. The van der Waals surface area contributed by atoms with Gasteiger partial charge < -0.3 is 10.6 Å². The number of halogens is 1. The van der Waals surface area contributed by atoms with Crippen LogP contribution < -0.4 is 10.6 Å². The molecule has 0 atom stereocenters. The van der Waals surface area contributed by atoms with Crippen LogP contribution in [0.3, 0.4) is 0 Å². The zero-order valence-electron chi connectivity index (χ0n) is 9.89. The molecular weight excluding hydrogens is 284 g/mol. The third-order valence-electron chi connectivity index (χ3n) is 2.62. The SMILES string of the molecule is CN(Cc1cccs1)c1ccc(C(N)=S)cc1Cl. The van der Waals surface area contributed by atoms with Crippen molar-refractivity contribution in [3.63, 3.8) is 0 Å². The first kappa shape index (κ1) is 13.3. The lowest BCUT2D eigenvalue weighted by Crippen LogP contribution is -2.16. The van der Waals surface area contributed by atoms with Crippen LogP contribution in [0.2, 0.25) is 5.02 Å². The zero-order chi connectivity index (χ0) is 13.1. The van der Waals surface area contributed by atoms with Gasteiger partial charge >= 0.3 is 0 Å². The van der Waals surface area contributed by atoms with Crippen LogP contribution in [0.4, 0.5) is 5.69 Å². The number of hydrogen-bond donors (Lipinski definition) is 1. The summed E-state index contributed by atoms with van der Waals surface area (Å²) in [6, 6.07) is 9.81.